The number of carbonyl (C=O) groups is 2. The lowest BCUT2D eigenvalue weighted by Gasteiger charge is -2.19. The molecular formula is C8H11N3O4. The Labute approximate surface area is 85.6 Å². The van der Waals surface area contributed by atoms with E-state index in [4.69, 9.17) is 5.11 Å². The summed E-state index contributed by atoms with van der Waals surface area (Å²) in [6.07, 6.45) is 0. The number of hydrogen-bond donors (Lipinski definition) is 1. The third-order valence-electron chi connectivity index (χ3n) is 2.11. The first kappa shape index (κ1) is 11.2. The molecule has 15 heavy (non-hydrogen) atoms. The molecule has 1 aromatic rings. The van der Waals surface area contributed by atoms with Crippen LogP contribution >= 0.6 is 0 Å². The van der Waals surface area contributed by atoms with Crippen molar-refractivity contribution < 1.29 is 19.3 Å². The van der Waals surface area contributed by atoms with Gasteiger partial charge in [0.15, 0.2) is 5.69 Å². The predicted molar refractivity (Wildman–Crippen MR) is 48.2 cm³/mol. The van der Waals surface area contributed by atoms with Gasteiger partial charge < -0.3 is 10.0 Å². The van der Waals surface area contributed by atoms with Crippen molar-refractivity contribution in [3.05, 3.63) is 11.4 Å². The van der Waals surface area contributed by atoms with Gasteiger partial charge in [0.05, 0.1) is 0 Å². The summed E-state index contributed by atoms with van der Waals surface area (Å²) < 4.78 is 4.36. The van der Waals surface area contributed by atoms with Gasteiger partial charge in [-0.3, -0.25) is 4.79 Å². The van der Waals surface area contributed by atoms with E-state index >= 15 is 0 Å². The van der Waals surface area contributed by atoms with Crippen molar-refractivity contribution in [3.63, 3.8) is 0 Å². The average molecular weight is 213 g/mol. The lowest BCUT2D eigenvalue weighted by Crippen LogP contribution is -2.40. The molecule has 0 saturated carbocycles. The van der Waals surface area contributed by atoms with E-state index in [-0.39, 0.29) is 5.69 Å². The fourth-order valence-corrected chi connectivity index (χ4v) is 0.934. The van der Waals surface area contributed by atoms with Gasteiger partial charge in [-0.2, -0.15) is 0 Å². The molecule has 0 radical (unpaired) electrons. The molecule has 1 amide bonds. The second-order valence-corrected chi connectivity index (χ2v) is 3.13. The first-order valence-electron chi connectivity index (χ1n) is 4.24. The van der Waals surface area contributed by atoms with Crippen molar-refractivity contribution in [2.75, 3.05) is 7.05 Å². The zero-order valence-corrected chi connectivity index (χ0v) is 8.59. The molecule has 1 atom stereocenters. The van der Waals surface area contributed by atoms with E-state index < -0.39 is 17.9 Å². The number of hydrogen-bond acceptors (Lipinski definition) is 5. The molecule has 82 valence electrons. The Kier molecular flexibility index (Phi) is 3.03. The second-order valence-electron chi connectivity index (χ2n) is 3.13. The summed E-state index contributed by atoms with van der Waals surface area (Å²) in [5.74, 6) is -1.61. The van der Waals surface area contributed by atoms with Gasteiger partial charge >= 0.3 is 5.97 Å². The molecule has 0 fully saturated rings. The van der Waals surface area contributed by atoms with E-state index in [9.17, 15) is 9.59 Å². The minimum absolute atomic E-state index is 0.0330. The quantitative estimate of drug-likeness (QED) is 0.754. The van der Waals surface area contributed by atoms with E-state index in [1.807, 2.05) is 0 Å². The van der Waals surface area contributed by atoms with Crippen LogP contribution in [0, 0.1) is 6.92 Å². The number of carbonyl (C=O) groups excluding carboxylic acids is 1. The highest BCUT2D eigenvalue weighted by Gasteiger charge is 2.26. The third-order valence-corrected chi connectivity index (χ3v) is 2.11. The Morgan fingerprint density at radius 1 is 1.47 bits per heavy atom. The summed E-state index contributed by atoms with van der Waals surface area (Å²) >= 11 is 0. The summed E-state index contributed by atoms with van der Waals surface area (Å²) in [6.45, 7) is 2.96. The zero-order valence-electron chi connectivity index (χ0n) is 8.59. The minimum Gasteiger partial charge on any atom is -0.480 e. The van der Waals surface area contributed by atoms with Crippen molar-refractivity contribution in [2.24, 2.45) is 0 Å². The van der Waals surface area contributed by atoms with E-state index in [1.165, 1.54) is 14.0 Å². The zero-order chi connectivity index (χ0) is 11.6. The highest BCUT2D eigenvalue weighted by atomic mass is 16.6. The number of aliphatic carboxylic acids is 1. The standard InChI is InChI=1S/C8H11N3O4/c1-4-6(10-15-9-4)7(12)11(3)5(2)8(13)14/h5H,1-3H3,(H,13,14)/t5-/m0/s1. The Bertz CT molecular complexity index is 387. The van der Waals surface area contributed by atoms with Crippen LogP contribution in [0.5, 0.6) is 0 Å². The van der Waals surface area contributed by atoms with Crippen molar-refractivity contribution in [1.29, 1.82) is 0 Å². The van der Waals surface area contributed by atoms with Crippen LogP contribution in [0.3, 0.4) is 0 Å². The van der Waals surface area contributed by atoms with Crippen LogP contribution in [-0.2, 0) is 4.79 Å². The van der Waals surface area contributed by atoms with Gasteiger partial charge in [0.25, 0.3) is 5.91 Å². The van der Waals surface area contributed by atoms with Gasteiger partial charge in [-0.1, -0.05) is 5.16 Å². The third kappa shape index (κ3) is 2.12. The van der Waals surface area contributed by atoms with Crippen LogP contribution in [0.25, 0.3) is 0 Å². The summed E-state index contributed by atoms with van der Waals surface area (Å²) in [5, 5.41) is 15.6. The van der Waals surface area contributed by atoms with Gasteiger partial charge in [0, 0.05) is 7.05 Å². The van der Waals surface area contributed by atoms with Gasteiger partial charge in [-0.05, 0) is 19.0 Å². The van der Waals surface area contributed by atoms with E-state index in [0.29, 0.717) is 5.69 Å². The number of aryl methyl sites for hydroxylation is 1. The molecule has 0 bridgehead atoms. The molecular weight excluding hydrogens is 202 g/mol. The van der Waals surface area contributed by atoms with Crippen LogP contribution < -0.4 is 0 Å². The molecule has 0 spiro atoms. The summed E-state index contributed by atoms with van der Waals surface area (Å²) in [7, 11) is 1.38. The molecule has 1 heterocycles. The van der Waals surface area contributed by atoms with Gasteiger partial charge in [-0.25, -0.2) is 9.42 Å². The normalized spacial score (nSPS) is 12.2. The summed E-state index contributed by atoms with van der Waals surface area (Å²) in [4.78, 5) is 23.4. The van der Waals surface area contributed by atoms with Gasteiger partial charge in [0.2, 0.25) is 0 Å². The summed E-state index contributed by atoms with van der Waals surface area (Å²) in [5.41, 5.74) is 0.370. The molecule has 0 aliphatic rings. The van der Waals surface area contributed by atoms with Crippen molar-refractivity contribution in [2.45, 2.75) is 19.9 Å². The number of carboxylic acid groups (broad SMARTS) is 1. The second kappa shape index (κ2) is 4.07. The number of amides is 1. The van der Waals surface area contributed by atoms with Gasteiger partial charge in [0.1, 0.15) is 11.7 Å². The maximum atomic E-state index is 11.7. The first-order valence-corrected chi connectivity index (χ1v) is 4.24. The van der Waals surface area contributed by atoms with Crippen molar-refractivity contribution >= 4 is 11.9 Å². The molecule has 1 aromatic heterocycles. The Balaban J connectivity index is 2.86. The molecule has 0 aliphatic heterocycles. The molecule has 1 rings (SSSR count). The minimum atomic E-state index is -1.08. The lowest BCUT2D eigenvalue weighted by atomic mass is 10.2. The molecule has 7 heteroatoms. The number of rotatable bonds is 3. The van der Waals surface area contributed by atoms with E-state index in [2.05, 4.69) is 14.9 Å². The maximum absolute atomic E-state index is 11.7. The molecule has 0 saturated heterocycles. The molecule has 0 aliphatic carbocycles. The largest absolute Gasteiger partial charge is 0.480 e. The van der Waals surface area contributed by atoms with E-state index in [0.717, 1.165) is 4.90 Å². The number of nitrogens with zero attached hydrogens (tertiary/aromatic N) is 3. The van der Waals surface area contributed by atoms with Crippen LogP contribution in [0.1, 0.15) is 23.1 Å². The van der Waals surface area contributed by atoms with Crippen LogP contribution in [0.2, 0.25) is 0 Å². The van der Waals surface area contributed by atoms with Crippen LogP contribution in [-0.4, -0.2) is 45.3 Å². The smallest absolute Gasteiger partial charge is 0.326 e. The molecule has 0 unspecified atom stereocenters. The number of likely N-dealkylation sites (N-methyl/N-ethyl adjacent to an activating group) is 1. The highest BCUT2D eigenvalue weighted by molar-refractivity contribution is 5.95. The van der Waals surface area contributed by atoms with Gasteiger partial charge in [-0.15, -0.1) is 0 Å². The summed E-state index contributed by atoms with van der Waals surface area (Å²) in [6, 6.07) is -0.923. The molecule has 1 N–H and O–H groups in total. The van der Waals surface area contributed by atoms with Crippen molar-refractivity contribution in [1.82, 2.24) is 15.2 Å². The SMILES string of the molecule is Cc1nonc1C(=O)N(C)[C@@H](C)C(=O)O. The average Bonchev–Trinajstić information content (AvgIpc) is 2.60. The highest BCUT2D eigenvalue weighted by Crippen LogP contribution is 2.07. The number of aromatic nitrogens is 2. The van der Waals surface area contributed by atoms with E-state index in [1.54, 1.807) is 6.92 Å². The molecule has 0 aromatic carbocycles. The Hall–Kier alpha value is -1.92. The first-order chi connectivity index (χ1) is 6.95. The number of carboxylic acids is 1. The lowest BCUT2D eigenvalue weighted by molar-refractivity contribution is -0.141. The molecule has 7 nitrogen and oxygen atoms in total. The Morgan fingerprint density at radius 2 is 2.07 bits per heavy atom. The topological polar surface area (TPSA) is 96.5 Å². The fourth-order valence-electron chi connectivity index (χ4n) is 0.934. The fraction of sp³-hybridized carbons (Fsp3) is 0.500. The van der Waals surface area contributed by atoms with Crippen LogP contribution in [0.4, 0.5) is 0 Å². The Morgan fingerprint density at radius 3 is 2.47 bits per heavy atom. The monoisotopic (exact) mass is 213 g/mol. The van der Waals surface area contributed by atoms with Crippen LogP contribution in [0.15, 0.2) is 4.63 Å². The maximum Gasteiger partial charge on any atom is 0.326 e. The predicted octanol–water partition coefficient (Wildman–Crippen LogP) is -0.0769. The van der Waals surface area contributed by atoms with Crippen molar-refractivity contribution in [3.8, 4) is 0 Å².